The zero-order valence-electron chi connectivity index (χ0n) is 7.84. The lowest BCUT2D eigenvalue weighted by Gasteiger charge is -2.10. The van der Waals surface area contributed by atoms with Crippen LogP contribution >= 0.6 is 0 Å². The summed E-state index contributed by atoms with van der Waals surface area (Å²) in [5, 5.41) is 2.92. The van der Waals surface area contributed by atoms with Gasteiger partial charge in [0.15, 0.2) is 0 Å². The highest BCUT2D eigenvalue weighted by Gasteiger charge is 2.34. The first kappa shape index (κ1) is 9.52. The lowest BCUT2D eigenvalue weighted by molar-refractivity contribution is -0.122. The van der Waals surface area contributed by atoms with Crippen molar-refractivity contribution >= 4 is 5.91 Å². The van der Waals surface area contributed by atoms with Crippen molar-refractivity contribution in [2.75, 3.05) is 0 Å². The topological polar surface area (TPSA) is 55.1 Å². The quantitative estimate of drug-likeness (QED) is 0.650. The van der Waals surface area contributed by atoms with Crippen LogP contribution in [-0.4, -0.2) is 18.0 Å². The lowest BCUT2D eigenvalue weighted by Crippen LogP contribution is -2.41. The third-order valence-electron chi connectivity index (χ3n) is 2.37. The molecule has 3 nitrogen and oxygen atoms in total. The van der Waals surface area contributed by atoms with E-state index in [2.05, 4.69) is 12.2 Å². The molecular weight excluding hydrogens is 152 g/mol. The largest absolute Gasteiger partial charge is 0.352 e. The van der Waals surface area contributed by atoms with Crippen LogP contribution < -0.4 is 11.1 Å². The molecule has 1 fully saturated rings. The van der Waals surface area contributed by atoms with Crippen LogP contribution in [0.1, 0.15) is 33.1 Å². The van der Waals surface area contributed by atoms with E-state index < -0.39 is 0 Å². The molecule has 3 heteroatoms. The van der Waals surface area contributed by atoms with Gasteiger partial charge in [-0.2, -0.15) is 0 Å². The van der Waals surface area contributed by atoms with Crippen molar-refractivity contribution in [3.63, 3.8) is 0 Å². The summed E-state index contributed by atoms with van der Waals surface area (Å²) in [6.07, 6.45) is 2.87. The van der Waals surface area contributed by atoms with Crippen LogP contribution in [0.25, 0.3) is 0 Å². The van der Waals surface area contributed by atoms with E-state index in [0.717, 1.165) is 19.3 Å². The van der Waals surface area contributed by atoms with Gasteiger partial charge in [-0.05, 0) is 18.8 Å². The van der Waals surface area contributed by atoms with Gasteiger partial charge in [0.25, 0.3) is 0 Å². The van der Waals surface area contributed by atoms with E-state index in [1.54, 1.807) is 0 Å². The number of amides is 1. The Morgan fingerprint density at radius 1 is 1.75 bits per heavy atom. The van der Waals surface area contributed by atoms with Crippen LogP contribution in [0.3, 0.4) is 0 Å². The van der Waals surface area contributed by atoms with E-state index in [1.807, 2.05) is 6.92 Å². The first-order valence-corrected chi connectivity index (χ1v) is 4.71. The van der Waals surface area contributed by atoms with Crippen molar-refractivity contribution in [2.24, 2.45) is 11.7 Å². The minimum Gasteiger partial charge on any atom is -0.352 e. The Hall–Kier alpha value is -0.570. The van der Waals surface area contributed by atoms with Gasteiger partial charge >= 0.3 is 0 Å². The Morgan fingerprint density at radius 2 is 2.33 bits per heavy atom. The van der Waals surface area contributed by atoms with Crippen molar-refractivity contribution in [1.82, 2.24) is 5.32 Å². The maximum absolute atomic E-state index is 11.3. The molecule has 0 bridgehead atoms. The van der Waals surface area contributed by atoms with E-state index in [-0.39, 0.29) is 11.9 Å². The van der Waals surface area contributed by atoms with Crippen LogP contribution in [0.4, 0.5) is 0 Å². The minimum atomic E-state index is -0.303. The van der Waals surface area contributed by atoms with Crippen LogP contribution in [0, 0.1) is 5.92 Å². The smallest absolute Gasteiger partial charge is 0.237 e. The lowest BCUT2D eigenvalue weighted by atomic mass is 10.2. The van der Waals surface area contributed by atoms with Crippen LogP contribution in [0.2, 0.25) is 0 Å². The summed E-state index contributed by atoms with van der Waals surface area (Å²) < 4.78 is 0. The van der Waals surface area contributed by atoms with Gasteiger partial charge in [0.05, 0.1) is 6.04 Å². The van der Waals surface area contributed by atoms with Crippen molar-refractivity contribution in [2.45, 2.75) is 45.2 Å². The van der Waals surface area contributed by atoms with Crippen LogP contribution in [0.5, 0.6) is 0 Å². The van der Waals surface area contributed by atoms with Crippen molar-refractivity contribution < 1.29 is 4.79 Å². The average Bonchev–Trinajstić information content (AvgIpc) is 2.67. The zero-order valence-corrected chi connectivity index (χ0v) is 7.84. The monoisotopic (exact) mass is 170 g/mol. The molecule has 3 atom stereocenters. The van der Waals surface area contributed by atoms with Gasteiger partial charge in [-0.15, -0.1) is 0 Å². The fourth-order valence-electron chi connectivity index (χ4n) is 1.26. The minimum absolute atomic E-state index is 0.0196. The number of hydrogen-bond donors (Lipinski definition) is 2. The number of nitrogens with two attached hydrogens (primary N) is 1. The van der Waals surface area contributed by atoms with Gasteiger partial charge in [0.1, 0.15) is 0 Å². The molecule has 0 saturated heterocycles. The predicted octanol–water partition coefficient (Wildman–Crippen LogP) is 0.638. The Kier molecular flexibility index (Phi) is 3.09. The Balaban J connectivity index is 2.18. The standard InChI is InChI=1S/C9H18N2O/c1-3-4-7(10)9(12)11-8-5-6(8)2/h6-8H,3-5,10H2,1-2H3,(H,11,12)/t6?,7-,8?/m0/s1. The molecule has 0 radical (unpaired) electrons. The molecule has 1 aliphatic rings. The number of hydrogen-bond acceptors (Lipinski definition) is 2. The highest BCUT2D eigenvalue weighted by Crippen LogP contribution is 2.28. The molecule has 0 aromatic carbocycles. The van der Waals surface area contributed by atoms with E-state index in [9.17, 15) is 4.79 Å². The third kappa shape index (κ3) is 2.48. The summed E-state index contributed by atoms with van der Waals surface area (Å²) in [4.78, 5) is 11.3. The fourth-order valence-corrected chi connectivity index (χ4v) is 1.26. The van der Waals surface area contributed by atoms with Crippen molar-refractivity contribution in [3.05, 3.63) is 0 Å². The Labute approximate surface area is 73.7 Å². The molecule has 0 heterocycles. The highest BCUT2D eigenvalue weighted by atomic mass is 16.2. The van der Waals surface area contributed by atoms with Crippen LogP contribution in [0.15, 0.2) is 0 Å². The van der Waals surface area contributed by atoms with Gasteiger partial charge in [-0.3, -0.25) is 4.79 Å². The second-order valence-electron chi connectivity index (χ2n) is 3.72. The molecule has 2 unspecified atom stereocenters. The molecule has 0 aliphatic heterocycles. The Bertz CT molecular complexity index is 170. The van der Waals surface area contributed by atoms with E-state index in [0.29, 0.717) is 12.0 Å². The van der Waals surface area contributed by atoms with Gasteiger partial charge in [0, 0.05) is 6.04 Å². The molecule has 12 heavy (non-hydrogen) atoms. The average molecular weight is 170 g/mol. The highest BCUT2D eigenvalue weighted by molar-refractivity contribution is 5.82. The first-order valence-electron chi connectivity index (χ1n) is 4.71. The van der Waals surface area contributed by atoms with Gasteiger partial charge in [-0.25, -0.2) is 0 Å². The molecule has 1 saturated carbocycles. The maximum Gasteiger partial charge on any atom is 0.237 e. The first-order chi connectivity index (χ1) is 5.65. The van der Waals surface area contributed by atoms with Crippen molar-refractivity contribution in [1.29, 1.82) is 0 Å². The summed E-state index contributed by atoms with van der Waals surface area (Å²) in [7, 11) is 0. The number of carbonyl (C=O) groups excluding carboxylic acids is 1. The number of rotatable bonds is 4. The number of nitrogens with one attached hydrogen (secondary N) is 1. The summed E-state index contributed by atoms with van der Waals surface area (Å²) in [6.45, 7) is 4.17. The summed E-state index contributed by atoms with van der Waals surface area (Å²) in [6, 6.07) is 0.100. The molecule has 0 spiro atoms. The molecule has 3 N–H and O–H groups in total. The molecule has 70 valence electrons. The van der Waals surface area contributed by atoms with Gasteiger partial charge in [0.2, 0.25) is 5.91 Å². The fraction of sp³-hybridized carbons (Fsp3) is 0.889. The molecule has 1 rings (SSSR count). The molecular formula is C9H18N2O. The molecule has 1 aliphatic carbocycles. The summed E-state index contributed by atoms with van der Waals surface area (Å²) >= 11 is 0. The Morgan fingerprint density at radius 3 is 2.75 bits per heavy atom. The normalized spacial score (nSPS) is 29.6. The second-order valence-corrected chi connectivity index (χ2v) is 3.72. The molecule has 0 aromatic rings. The molecule has 1 amide bonds. The van der Waals surface area contributed by atoms with Gasteiger partial charge < -0.3 is 11.1 Å². The number of carbonyl (C=O) groups is 1. The summed E-state index contributed by atoms with van der Waals surface area (Å²) in [5.41, 5.74) is 5.64. The van der Waals surface area contributed by atoms with Gasteiger partial charge in [-0.1, -0.05) is 20.3 Å². The van der Waals surface area contributed by atoms with E-state index in [4.69, 9.17) is 5.73 Å². The predicted molar refractivity (Wildman–Crippen MR) is 48.6 cm³/mol. The third-order valence-corrected chi connectivity index (χ3v) is 2.37. The van der Waals surface area contributed by atoms with Crippen molar-refractivity contribution in [3.8, 4) is 0 Å². The SMILES string of the molecule is CCC[C@H](N)C(=O)NC1CC1C. The van der Waals surface area contributed by atoms with E-state index >= 15 is 0 Å². The summed E-state index contributed by atoms with van der Waals surface area (Å²) in [5.74, 6) is 0.675. The zero-order chi connectivity index (χ0) is 9.14. The maximum atomic E-state index is 11.3. The second kappa shape index (κ2) is 3.90. The van der Waals surface area contributed by atoms with E-state index in [1.165, 1.54) is 0 Å². The van der Waals surface area contributed by atoms with Crippen LogP contribution in [-0.2, 0) is 4.79 Å². The molecule has 0 aromatic heterocycles.